The third-order valence-corrected chi connectivity index (χ3v) is 19.9. The van der Waals surface area contributed by atoms with Gasteiger partial charge in [0.25, 0.3) is 0 Å². The molecule has 0 bridgehead atoms. The van der Waals surface area contributed by atoms with Crippen molar-refractivity contribution in [3.8, 4) is 18.2 Å². The molecule has 10 heterocycles. The average molecular weight is 2430 g/mol. The van der Waals surface area contributed by atoms with Crippen molar-refractivity contribution < 1.29 is 231 Å². The quantitative estimate of drug-likeness (QED) is 0.0494. The van der Waals surface area contributed by atoms with Crippen LogP contribution in [0, 0.1) is 109 Å². The van der Waals surface area contributed by atoms with E-state index in [1.165, 1.54) is 20.8 Å². The molecule has 139 heavy (non-hydrogen) atoms. The van der Waals surface area contributed by atoms with Gasteiger partial charge in [-0.15, -0.1) is 0 Å². The molecular formula is C76H89Er2F18N19O18S6. The molecule has 0 atom stereocenters. The molecule has 37 nitrogen and oxygen atoms in total. The first-order valence-corrected chi connectivity index (χ1v) is 46.8. The third kappa shape index (κ3) is 64.3. The molecule has 2 fully saturated rings. The van der Waals surface area contributed by atoms with Gasteiger partial charge in [-0.2, -0.15) is 94.8 Å². The van der Waals surface area contributed by atoms with E-state index in [1.807, 2.05) is 98.1 Å². The van der Waals surface area contributed by atoms with Gasteiger partial charge in [0.05, 0.1) is 63.8 Å². The topological polar surface area (TPSA) is 544 Å². The monoisotopic (exact) mass is 2420 g/mol. The van der Waals surface area contributed by atoms with Crippen LogP contribution in [0.4, 0.5) is 79.0 Å². The minimum Gasteiger partial charge on any atom is -0.741 e. The molecule has 63 heteroatoms. The fourth-order valence-electron chi connectivity index (χ4n) is 10.2. The summed E-state index contributed by atoms with van der Waals surface area (Å²) in [5, 5.41) is 22.0. The minimum absolute atomic E-state index is 0. The Morgan fingerprint density at radius 1 is 0.223 bits per heavy atom. The van der Waals surface area contributed by atoms with Crippen molar-refractivity contribution in [3.05, 3.63) is 241 Å². The van der Waals surface area contributed by atoms with Crippen molar-refractivity contribution in [3.63, 3.8) is 0 Å². The number of nitriles is 3. The molecule has 0 saturated carbocycles. The second kappa shape index (κ2) is 67.6. The number of rotatable bonds is 16. The Morgan fingerprint density at radius 2 is 0.295 bits per heavy atom. The van der Waals surface area contributed by atoms with Crippen LogP contribution in [-0.4, -0.2) is 295 Å². The molecule has 8 aromatic rings. The summed E-state index contributed by atoms with van der Waals surface area (Å²) < 4.78 is 353. The fraction of sp³-hybridized carbons (Fsp3) is 0.434. The molecule has 2 saturated heterocycles. The summed E-state index contributed by atoms with van der Waals surface area (Å²) in [5.74, 6) is 0. The Labute approximate surface area is 849 Å². The molecule has 0 amide bonds. The van der Waals surface area contributed by atoms with E-state index in [-0.39, 0.29) is 74.6 Å². The van der Waals surface area contributed by atoms with E-state index in [2.05, 4.69) is 176 Å². The van der Waals surface area contributed by atoms with E-state index < -0.39 is 93.8 Å². The molecule has 0 N–H and O–H groups in total. The van der Waals surface area contributed by atoms with E-state index in [0.717, 1.165) is 203 Å². The Balaban J connectivity index is -0.00000170. The van der Waals surface area contributed by atoms with Gasteiger partial charge >= 0.3 is 108 Å². The number of pyridine rings is 8. The second-order valence-electron chi connectivity index (χ2n) is 26.8. The zero-order chi connectivity index (χ0) is 105. The van der Waals surface area contributed by atoms with Crippen LogP contribution >= 0.6 is 0 Å². The summed E-state index contributed by atoms with van der Waals surface area (Å²) in [5.41, 5.74) is -25.0. The molecule has 2 radical (unpaired) electrons. The van der Waals surface area contributed by atoms with Crippen LogP contribution in [0.25, 0.3) is 0 Å². The first-order chi connectivity index (χ1) is 63.3. The van der Waals surface area contributed by atoms with Crippen LogP contribution in [0.3, 0.4) is 0 Å². The standard InChI is InChI=1S/2C32H40N8.3C2H3N.6CHF3O3S.2Er/c2*1-5-13-33-29(9-1)25-37-17-19-38(26-30-10-2-6-14-34-30)21-23-40(28-32-12-4-8-16-36-32)24-22-39(20-18-37)27-31-11-3-7-15-35-31;3*1-2-3;6*2-1(3,4)8(5,6)7;;/h2*1-16H,17-28H2;3*1H3;6*(H,5,6,7);;/q;;;;;;;;;;;2*+3/p-6. The maximum Gasteiger partial charge on any atom is 3.00 e. The van der Waals surface area contributed by atoms with E-state index in [0.29, 0.717) is 0 Å². The van der Waals surface area contributed by atoms with Gasteiger partial charge in [0.2, 0.25) is 0 Å². The normalized spacial score (nSPS) is 14.9. The van der Waals surface area contributed by atoms with Gasteiger partial charge in [-0.05, 0) is 97.1 Å². The van der Waals surface area contributed by atoms with Crippen molar-refractivity contribution in [1.29, 1.82) is 15.8 Å². The summed E-state index contributed by atoms with van der Waals surface area (Å²) >= 11 is 0. The average Bonchev–Trinajstić information content (AvgIpc) is 0.897. The third-order valence-electron chi connectivity index (χ3n) is 16.5. The molecule has 0 aromatic carbocycles. The number of nitrogens with zero attached hydrogens (tertiary/aromatic N) is 19. The van der Waals surface area contributed by atoms with Gasteiger partial charge in [-0.25, -0.2) is 50.5 Å². The molecule has 0 spiro atoms. The number of halogens is 18. The van der Waals surface area contributed by atoms with Crippen LogP contribution in [0.2, 0.25) is 0 Å². The van der Waals surface area contributed by atoms with Crippen LogP contribution < -0.4 is 0 Å². The Bertz CT molecular complexity index is 4570. The Kier molecular flexibility index (Phi) is 65.7. The van der Waals surface area contributed by atoms with Gasteiger partial charge in [-0.3, -0.25) is 79.1 Å². The number of hydrogen-bond donors (Lipinski definition) is 0. The molecule has 10 rings (SSSR count). The van der Waals surface area contributed by atoms with Gasteiger partial charge < -0.3 is 27.3 Å². The SMILES string of the molecule is CC#N.CC#N.CC#N.O=S(=O)([O-])C(F)(F)F.O=S(=O)([O-])C(F)(F)F.O=S(=O)([O-])C(F)(F)F.O=S(=O)([O-])C(F)(F)F.O=S(=O)([O-])C(F)(F)F.O=S(=O)([O-])C(F)(F)F.[Er+3].[Er+3].c1ccc(CN2CCN(Cc3ccccn3)CCN(Cc3ccccn3)CCN(Cc3ccccn3)CC2)nc1.c1ccc(CN2CCN(Cc3ccccn3)CCN(Cc3ccccn3)CCN(Cc3ccccn3)CC2)nc1. The maximum absolute atomic E-state index is 10.7. The molecule has 0 aliphatic carbocycles. The molecule has 782 valence electrons. The van der Waals surface area contributed by atoms with Gasteiger partial charge in [0.1, 0.15) is 0 Å². The van der Waals surface area contributed by atoms with Gasteiger partial charge in [-0.1, -0.05) is 48.5 Å². The van der Waals surface area contributed by atoms with E-state index in [4.69, 9.17) is 93.6 Å². The predicted molar refractivity (Wildman–Crippen MR) is 444 cm³/mol. The first kappa shape index (κ1) is 135. The predicted octanol–water partition coefficient (Wildman–Crippen LogP) is 9.08. The minimum atomic E-state index is -6.09. The van der Waals surface area contributed by atoms with Crippen LogP contribution in [0.1, 0.15) is 66.3 Å². The van der Waals surface area contributed by atoms with Gasteiger partial charge in [0, 0.05) is 227 Å². The largest absolute Gasteiger partial charge is 3.00 e. The second-order valence-corrected chi connectivity index (χ2v) is 35.1. The summed E-state index contributed by atoms with van der Waals surface area (Å²) in [6.45, 7) is 26.7. The Hall–Kier alpha value is -7.96. The number of aromatic nitrogens is 8. The number of alkyl halides is 18. The summed E-state index contributed by atoms with van der Waals surface area (Å²) in [4.78, 5) is 57.4. The van der Waals surface area contributed by atoms with Crippen molar-refractivity contribution in [1.82, 2.24) is 79.1 Å². The van der Waals surface area contributed by atoms with Crippen LogP contribution in [0.5, 0.6) is 0 Å². The van der Waals surface area contributed by atoms with E-state index in [9.17, 15) is 79.0 Å². The molecule has 2 aliphatic rings. The van der Waals surface area contributed by atoms with E-state index in [1.54, 1.807) is 18.2 Å². The smallest absolute Gasteiger partial charge is 0.741 e. The van der Waals surface area contributed by atoms with Crippen molar-refractivity contribution in [2.45, 2.75) is 106 Å². The van der Waals surface area contributed by atoms with Crippen molar-refractivity contribution in [2.24, 2.45) is 0 Å². The zero-order valence-corrected chi connectivity index (χ0v) is 81.2. The molecule has 0 unspecified atom stereocenters. The van der Waals surface area contributed by atoms with Crippen LogP contribution in [0.15, 0.2) is 195 Å². The Morgan fingerprint density at radius 3 is 0.345 bits per heavy atom. The van der Waals surface area contributed by atoms with Crippen LogP contribution in [-0.2, 0) is 113 Å². The van der Waals surface area contributed by atoms with Crippen molar-refractivity contribution >= 4 is 60.7 Å². The summed E-state index contributed by atoms with van der Waals surface area (Å²) in [6, 6.07) is 54.8. The first-order valence-electron chi connectivity index (χ1n) is 38.4. The zero-order valence-electron chi connectivity index (χ0n) is 72.6. The van der Waals surface area contributed by atoms with Crippen molar-refractivity contribution in [2.75, 3.05) is 105 Å². The number of hydrogen-bond acceptors (Lipinski definition) is 37. The maximum atomic E-state index is 10.7. The van der Waals surface area contributed by atoms with E-state index >= 15 is 0 Å². The van der Waals surface area contributed by atoms with Gasteiger partial charge in [0.15, 0.2) is 60.7 Å². The fourth-order valence-corrected chi connectivity index (χ4v) is 10.2. The molecular weight excluding hydrogens is 2340 g/mol. The molecule has 2 aliphatic heterocycles. The molecule has 8 aromatic heterocycles. The summed E-state index contributed by atoms with van der Waals surface area (Å²) in [6.07, 6.45) is 15.1. The summed E-state index contributed by atoms with van der Waals surface area (Å²) in [7, 11) is -36.5.